The lowest BCUT2D eigenvalue weighted by atomic mass is 10.0. The van der Waals surface area contributed by atoms with Crippen molar-refractivity contribution in [1.82, 2.24) is 20.5 Å². The van der Waals surface area contributed by atoms with Gasteiger partial charge in [0.25, 0.3) is 11.8 Å². The molecule has 1 aromatic rings. The highest BCUT2D eigenvalue weighted by atomic mass is 16.2. The number of aryl methyl sites for hydroxylation is 1. The second kappa shape index (κ2) is 7.45. The van der Waals surface area contributed by atoms with Crippen molar-refractivity contribution in [2.75, 3.05) is 32.7 Å². The Kier molecular flexibility index (Phi) is 5.60. The molecule has 0 aromatic carbocycles. The monoisotopic (exact) mass is 306 g/mol. The maximum atomic E-state index is 12.7. The number of carbonyl (C=O) groups is 2. The molecule has 1 fully saturated rings. The number of nitrogens with zero attached hydrogens (tertiary/aromatic N) is 1. The lowest BCUT2D eigenvalue weighted by Gasteiger charge is -2.27. The number of aromatic amines is 1. The van der Waals surface area contributed by atoms with Crippen LogP contribution in [0.15, 0.2) is 0 Å². The first kappa shape index (κ1) is 16.5. The zero-order valence-corrected chi connectivity index (χ0v) is 13.7. The molecule has 6 nitrogen and oxygen atoms in total. The minimum Gasteiger partial charge on any atom is -0.354 e. The zero-order chi connectivity index (χ0) is 16.1. The van der Waals surface area contributed by atoms with E-state index in [1.165, 1.54) is 0 Å². The maximum Gasteiger partial charge on any atom is 0.270 e. The Hall–Kier alpha value is -1.82. The van der Waals surface area contributed by atoms with Crippen LogP contribution in [0, 0.1) is 6.92 Å². The maximum absolute atomic E-state index is 12.7. The van der Waals surface area contributed by atoms with Gasteiger partial charge in [0.2, 0.25) is 0 Å². The smallest absolute Gasteiger partial charge is 0.270 e. The largest absolute Gasteiger partial charge is 0.354 e. The molecule has 0 atom stereocenters. The predicted octanol–water partition coefficient (Wildman–Crippen LogP) is 1.07. The molecule has 0 saturated carbocycles. The molecule has 0 aliphatic carbocycles. The van der Waals surface area contributed by atoms with Gasteiger partial charge in [-0.1, -0.05) is 13.8 Å². The molecule has 2 amide bonds. The van der Waals surface area contributed by atoms with Crippen LogP contribution in [0.3, 0.4) is 0 Å². The van der Waals surface area contributed by atoms with Crippen LogP contribution in [0.25, 0.3) is 0 Å². The summed E-state index contributed by atoms with van der Waals surface area (Å²) in [5.74, 6) is -0.0946. The van der Waals surface area contributed by atoms with Gasteiger partial charge in [0.1, 0.15) is 5.69 Å². The van der Waals surface area contributed by atoms with Crippen LogP contribution in [0.5, 0.6) is 0 Å². The second-order valence-corrected chi connectivity index (χ2v) is 5.63. The van der Waals surface area contributed by atoms with E-state index in [-0.39, 0.29) is 11.8 Å². The molecule has 1 aliphatic rings. The lowest BCUT2D eigenvalue weighted by Crippen LogP contribution is -2.46. The van der Waals surface area contributed by atoms with Crippen molar-refractivity contribution in [3.05, 3.63) is 22.5 Å². The molecule has 0 bridgehead atoms. The first-order chi connectivity index (χ1) is 10.6. The number of nitrogens with one attached hydrogen (secondary N) is 3. The van der Waals surface area contributed by atoms with Crippen LogP contribution in [-0.2, 0) is 6.42 Å². The molecule has 6 heteroatoms. The summed E-state index contributed by atoms with van der Waals surface area (Å²) in [5, 5.41) is 6.14. The predicted molar refractivity (Wildman–Crippen MR) is 86.3 cm³/mol. The van der Waals surface area contributed by atoms with E-state index in [4.69, 9.17) is 0 Å². The van der Waals surface area contributed by atoms with E-state index in [9.17, 15) is 9.59 Å². The zero-order valence-electron chi connectivity index (χ0n) is 13.7. The fraction of sp³-hybridized carbons (Fsp3) is 0.625. The van der Waals surface area contributed by atoms with Gasteiger partial charge in [-0.05, 0) is 25.3 Å². The summed E-state index contributed by atoms with van der Waals surface area (Å²) in [6.07, 6.45) is 1.55. The second-order valence-electron chi connectivity index (χ2n) is 5.63. The normalized spacial score (nSPS) is 15.0. The van der Waals surface area contributed by atoms with Crippen molar-refractivity contribution in [2.45, 2.75) is 33.6 Å². The van der Waals surface area contributed by atoms with E-state index in [0.717, 1.165) is 30.8 Å². The Morgan fingerprint density at radius 1 is 1.23 bits per heavy atom. The van der Waals surface area contributed by atoms with E-state index in [1.807, 2.05) is 25.7 Å². The molecule has 0 spiro atoms. The number of carbonyl (C=O) groups excluding carboxylic acids is 2. The third-order valence-corrected chi connectivity index (χ3v) is 4.03. The summed E-state index contributed by atoms with van der Waals surface area (Å²) >= 11 is 0. The first-order valence-electron chi connectivity index (χ1n) is 8.09. The van der Waals surface area contributed by atoms with Crippen molar-refractivity contribution in [2.24, 2.45) is 0 Å². The van der Waals surface area contributed by atoms with Crippen molar-refractivity contribution >= 4 is 11.8 Å². The fourth-order valence-electron chi connectivity index (χ4n) is 2.87. The minimum atomic E-state index is -0.0909. The van der Waals surface area contributed by atoms with Gasteiger partial charge in [-0.15, -0.1) is 0 Å². The van der Waals surface area contributed by atoms with Gasteiger partial charge in [-0.2, -0.15) is 0 Å². The van der Waals surface area contributed by atoms with Crippen LogP contribution in [0.4, 0.5) is 0 Å². The topological polar surface area (TPSA) is 77.2 Å². The standard InChI is InChI=1S/C16H26N4O2/c1-4-6-18-15(21)13-11(3)19-14(12(13)5-2)16(22)20-9-7-17-8-10-20/h17,19H,4-10H2,1-3H3,(H,18,21). The van der Waals surface area contributed by atoms with Gasteiger partial charge in [-0.3, -0.25) is 9.59 Å². The van der Waals surface area contributed by atoms with Crippen LogP contribution in [0.1, 0.15) is 52.4 Å². The summed E-state index contributed by atoms with van der Waals surface area (Å²) in [5.41, 5.74) is 2.80. The summed E-state index contributed by atoms with van der Waals surface area (Å²) in [6, 6.07) is 0. The van der Waals surface area contributed by atoms with Crippen molar-refractivity contribution in [3.63, 3.8) is 0 Å². The molecule has 1 aromatic heterocycles. The summed E-state index contributed by atoms with van der Waals surface area (Å²) in [6.45, 7) is 9.54. The molecule has 22 heavy (non-hydrogen) atoms. The Morgan fingerprint density at radius 3 is 2.50 bits per heavy atom. The van der Waals surface area contributed by atoms with Crippen LogP contribution >= 0.6 is 0 Å². The van der Waals surface area contributed by atoms with Gasteiger partial charge in [-0.25, -0.2) is 0 Å². The summed E-state index contributed by atoms with van der Waals surface area (Å²) in [4.78, 5) is 30.1. The SMILES string of the molecule is CCCNC(=O)c1c(C)[nH]c(C(=O)N2CCNCC2)c1CC. The first-order valence-corrected chi connectivity index (χ1v) is 8.09. The van der Waals surface area contributed by atoms with Crippen molar-refractivity contribution in [1.29, 1.82) is 0 Å². The average molecular weight is 306 g/mol. The average Bonchev–Trinajstić information content (AvgIpc) is 2.89. The van der Waals surface area contributed by atoms with Gasteiger partial charge in [0.05, 0.1) is 5.56 Å². The number of rotatable bonds is 5. The molecule has 2 rings (SSSR count). The molecule has 2 heterocycles. The molecule has 3 N–H and O–H groups in total. The Bertz CT molecular complexity index is 545. The number of hydrogen-bond donors (Lipinski definition) is 3. The molecular weight excluding hydrogens is 280 g/mol. The molecule has 1 saturated heterocycles. The molecule has 122 valence electrons. The number of aromatic nitrogens is 1. The molecular formula is C16H26N4O2. The van der Waals surface area contributed by atoms with Gasteiger partial charge < -0.3 is 20.5 Å². The van der Waals surface area contributed by atoms with E-state index in [1.54, 1.807) is 0 Å². The third-order valence-electron chi connectivity index (χ3n) is 4.03. The minimum absolute atomic E-state index is 0.00371. The summed E-state index contributed by atoms with van der Waals surface area (Å²) < 4.78 is 0. The Balaban J connectivity index is 2.28. The van der Waals surface area contributed by atoms with E-state index in [2.05, 4.69) is 15.6 Å². The van der Waals surface area contributed by atoms with E-state index in [0.29, 0.717) is 37.3 Å². The van der Waals surface area contributed by atoms with Crippen LogP contribution in [0.2, 0.25) is 0 Å². The lowest BCUT2D eigenvalue weighted by molar-refractivity contribution is 0.0729. The highest BCUT2D eigenvalue weighted by Crippen LogP contribution is 2.21. The quantitative estimate of drug-likeness (QED) is 0.761. The Morgan fingerprint density at radius 2 is 1.91 bits per heavy atom. The van der Waals surface area contributed by atoms with Crippen molar-refractivity contribution in [3.8, 4) is 0 Å². The Labute approximate surface area is 131 Å². The highest BCUT2D eigenvalue weighted by molar-refractivity contribution is 6.02. The number of hydrogen-bond acceptors (Lipinski definition) is 3. The van der Waals surface area contributed by atoms with Crippen molar-refractivity contribution < 1.29 is 9.59 Å². The molecule has 0 unspecified atom stereocenters. The van der Waals surface area contributed by atoms with E-state index >= 15 is 0 Å². The molecule has 0 radical (unpaired) electrons. The third kappa shape index (κ3) is 3.32. The number of H-pyrrole nitrogens is 1. The van der Waals surface area contributed by atoms with Gasteiger partial charge in [0.15, 0.2) is 0 Å². The van der Waals surface area contributed by atoms with Gasteiger partial charge >= 0.3 is 0 Å². The fourth-order valence-corrected chi connectivity index (χ4v) is 2.87. The number of piperazine rings is 1. The highest BCUT2D eigenvalue weighted by Gasteiger charge is 2.27. The van der Waals surface area contributed by atoms with E-state index < -0.39 is 0 Å². The molecule has 1 aliphatic heterocycles. The number of amides is 2. The van der Waals surface area contributed by atoms with Crippen LogP contribution < -0.4 is 10.6 Å². The van der Waals surface area contributed by atoms with Crippen LogP contribution in [-0.4, -0.2) is 54.4 Å². The van der Waals surface area contributed by atoms with Gasteiger partial charge in [0, 0.05) is 38.4 Å². The summed E-state index contributed by atoms with van der Waals surface area (Å²) in [7, 11) is 0.